The van der Waals surface area contributed by atoms with Crippen LogP contribution in [-0.4, -0.2) is 25.5 Å². The molecule has 1 aromatic carbocycles. The van der Waals surface area contributed by atoms with Gasteiger partial charge in [0.15, 0.2) is 0 Å². The fraction of sp³-hybridized carbons (Fsp3) is 0.250. The second kappa shape index (κ2) is 8.40. The molecular weight excluding hydrogens is 319 g/mol. The van der Waals surface area contributed by atoms with Gasteiger partial charge in [0.25, 0.3) is 0 Å². The molecule has 1 unspecified atom stereocenters. The van der Waals surface area contributed by atoms with Crippen LogP contribution < -0.4 is 10.6 Å². The van der Waals surface area contributed by atoms with Crippen molar-refractivity contribution in [2.45, 2.75) is 12.6 Å². The zero-order valence-corrected chi connectivity index (χ0v) is 13.4. The van der Waals surface area contributed by atoms with Crippen molar-refractivity contribution in [1.82, 2.24) is 10.6 Å². The summed E-state index contributed by atoms with van der Waals surface area (Å²) < 4.78 is 18.4. The van der Waals surface area contributed by atoms with Crippen LogP contribution in [0.5, 0.6) is 0 Å². The third-order valence-corrected chi connectivity index (χ3v) is 3.92. The number of hydrogen-bond acceptors (Lipinski definition) is 4. The lowest BCUT2D eigenvalue weighted by molar-refractivity contribution is -0.139. The molecule has 0 aliphatic carbocycles. The molecule has 5 nitrogen and oxygen atoms in total. The smallest absolute Gasteiger partial charge is 0.309 e. The maximum Gasteiger partial charge on any atom is 0.309 e. The highest BCUT2D eigenvalue weighted by atomic mass is 32.1. The second-order valence-electron chi connectivity index (χ2n) is 4.80. The van der Waals surface area contributed by atoms with Gasteiger partial charge in [-0.3, -0.25) is 9.59 Å². The van der Waals surface area contributed by atoms with E-state index >= 15 is 0 Å². The molecule has 0 saturated heterocycles. The first-order valence-corrected chi connectivity index (χ1v) is 7.90. The van der Waals surface area contributed by atoms with E-state index in [2.05, 4.69) is 10.6 Å². The first-order valence-electron chi connectivity index (χ1n) is 6.95. The van der Waals surface area contributed by atoms with E-state index in [1.165, 1.54) is 30.6 Å². The summed E-state index contributed by atoms with van der Waals surface area (Å²) in [5.41, 5.74) is 1.53. The van der Waals surface area contributed by atoms with Gasteiger partial charge < -0.3 is 15.4 Å². The van der Waals surface area contributed by atoms with Crippen LogP contribution in [0, 0.1) is 5.82 Å². The summed E-state index contributed by atoms with van der Waals surface area (Å²) in [4.78, 5) is 23.5. The number of rotatable bonds is 6. The molecule has 0 bridgehead atoms. The topological polar surface area (TPSA) is 67.4 Å². The number of hydrogen-bond donors (Lipinski definition) is 2. The molecule has 1 heterocycles. The van der Waals surface area contributed by atoms with Gasteiger partial charge in [0.05, 0.1) is 6.10 Å². The predicted octanol–water partition coefficient (Wildman–Crippen LogP) is 2.01. The highest BCUT2D eigenvalue weighted by Crippen LogP contribution is 2.16. The Morgan fingerprint density at radius 1 is 1.26 bits per heavy atom. The van der Waals surface area contributed by atoms with Crippen molar-refractivity contribution >= 4 is 23.2 Å². The van der Waals surface area contributed by atoms with E-state index in [1.807, 2.05) is 16.8 Å². The molecule has 0 aliphatic heterocycles. The Bertz CT molecular complexity index is 661. The lowest BCUT2D eigenvalue weighted by Crippen LogP contribution is -2.41. The van der Waals surface area contributed by atoms with Crippen molar-refractivity contribution in [1.29, 1.82) is 0 Å². The maximum atomic E-state index is 13.2. The lowest BCUT2D eigenvalue weighted by atomic mass is 10.1. The van der Waals surface area contributed by atoms with Gasteiger partial charge in [0.1, 0.15) is 5.82 Å². The fourth-order valence-corrected chi connectivity index (χ4v) is 2.63. The Hall–Kier alpha value is -2.25. The van der Waals surface area contributed by atoms with Gasteiger partial charge in [-0.15, -0.1) is 0 Å². The third kappa shape index (κ3) is 5.15. The summed E-state index contributed by atoms with van der Waals surface area (Å²) in [6.45, 7) is 0.373. The first-order chi connectivity index (χ1) is 11.1. The van der Waals surface area contributed by atoms with Crippen LogP contribution in [0.2, 0.25) is 0 Å². The number of benzene rings is 1. The molecule has 0 radical (unpaired) electrons. The highest BCUT2D eigenvalue weighted by Gasteiger charge is 2.17. The van der Waals surface area contributed by atoms with Crippen LogP contribution in [0.1, 0.15) is 17.2 Å². The van der Waals surface area contributed by atoms with Crippen molar-refractivity contribution in [3.8, 4) is 0 Å². The third-order valence-electron chi connectivity index (χ3n) is 3.19. The Morgan fingerprint density at radius 2 is 2.04 bits per heavy atom. The van der Waals surface area contributed by atoms with E-state index in [1.54, 1.807) is 12.1 Å². The van der Waals surface area contributed by atoms with E-state index in [0.717, 1.165) is 5.56 Å². The van der Waals surface area contributed by atoms with E-state index in [-0.39, 0.29) is 12.4 Å². The average molecular weight is 336 g/mol. The molecule has 1 atom stereocenters. The molecule has 2 aromatic rings. The van der Waals surface area contributed by atoms with Gasteiger partial charge in [-0.05, 0) is 40.1 Å². The van der Waals surface area contributed by atoms with Gasteiger partial charge in [-0.2, -0.15) is 11.3 Å². The van der Waals surface area contributed by atoms with Crippen molar-refractivity contribution in [2.24, 2.45) is 0 Å². The molecule has 122 valence electrons. The van der Waals surface area contributed by atoms with Crippen LogP contribution >= 0.6 is 11.3 Å². The number of amides is 2. The van der Waals surface area contributed by atoms with Gasteiger partial charge in [-0.25, -0.2) is 4.39 Å². The average Bonchev–Trinajstić information content (AvgIpc) is 3.06. The maximum absolute atomic E-state index is 13.2. The molecule has 2 amide bonds. The van der Waals surface area contributed by atoms with Crippen molar-refractivity contribution in [2.75, 3.05) is 13.7 Å². The lowest BCUT2D eigenvalue weighted by Gasteiger charge is -2.16. The summed E-state index contributed by atoms with van der Waals surface area (Å²) >= 11 is 1.52. The van der Waals surface area contributed by atoms with Crippen LogP contribution in [0.15, 0.2) is 41.1 Å². The van der Waals surface area contributed by atoms with E-state index < -0.39 is 17.9 Å². The quantitative estimate of drug-likeness (QED) is 0.793. The zero-order valence-electron chi connectivity index (χ0n) is 12.5. The molecule has 23 heavy (non-hydrogen) atoms. The number of nitrogens with one attached hydrogen (secondary N) is 2. The van der Waals surface area contributed by atoms with Gasteiger partial charge >= 0.3 is 11.8 Å². The van der Waals surface area contributed by atoms with Gasteiger partial charge in [-0.1, -0.05) is 12.1 Å². The first kappa shape index (κ1) is 17.1. The molecule has 0 saturated carbocycles. The Balaban J connectivity index is 1.83. The Labute approximate surface area is 137 Å². The normalized spacial score (nSPS) is 11.7. The van der Waals surface area contributed by atoms with Gasteiger partial charge in [0.2, 0.25) is 0 Å². The standard InChI is InChI=1S/C16H17FN2O3S/c1-22-14(12-3-2-4-13(17)7-12)9-19-16(21)15(20)18-8-11-5-6-23-10-11/h2-7,10,14H,8-9H2,1H3,(H,18,20)(H,19,21). The molecule has 2 rings (SSSR count). The Morgan fingerprint density at radius 3 is 2.70 bits per heavy atom. The summed E-state index contributed by atoms with van der Waals surface area (Å²) in [6.07, 6.45) is -0.528. The number of halogens is 1. The monoisotopic (exact) mass is 336 g/mol. The minimum absolute atomic E-state index is 0.0741. The van der Waals surface area contributed by atoms with E-state index in [4.69, 9.17) is 4.74 Å². The van der Waals surface area contributed by atoms with E-state index in [9.17, 15) is 14.0 Å². The molecule has 1 aromatic heterocycles. The number of ether oxygens (including phenoxy) is 1. The molecule has 7 heteroatoms. The molecule has 2 N–H and O–H groups in total. The van der Waals surface area contributed by atoms with Crippen LogP contribution in [0.3, 0.4) is 0 Å². The zero-order chi connectivity index (χ0) is 16.7. The van der Waals surface area contributed by atoms with E-state index in [0.29, 0.717) is 12.1 Å². The SMILES string of the molecule is COC(CNC(=O)C(=O)NCc1ccsc1)c1cccc(F)c1. The Kier molecular flexibility index (Phi) is 6.25. The van der Waals surface area contributed by atoms with Crippen LogP contribution in [0.25, 0.3) is 0 Å². The second-order valence-corrected chi connectivity index (χ2v) is 5.58. The largest absolute Gasteiger partial charge is 0.375 e. The van der Waals surface area contributed by atoms with Crippen molar-refractivity contribution in [3.63, 3.8) is 0 Å². The highest BCUT2D eigenvalue weighted by molar-refractivity contribution is 7.07. The number of methoxy groups -OCH3 is 1. The number of carbonyl (C=O) groups is 2. The van der Waals surface area contributed by atoms with Crippen LogP contribution in [0.4, 0.5) is 4.39 Å². The minimum Gasteiger partial charge on any atom is -0.375 e. The molecular formula is C16H17FN2O3S. The predicted molar refractivity (Wildman–Crippen MR) is 85.3 cm³/mol. The van der Waals surface area contributed by atoms with Crippen molar-refractivity contribution < 1.29 is 18.7 Å². The number of carbonyl (C=O) groups excluding carboxylic acids is 2. The van der Waals surface area contributed by atoms with Gasteiger partial charge in [0, 0.05) is 20.2 Å². The molecule has 0 fully saturated rings. The summed E-state index contributed by atoms with van der Waals surface area (Å²) in [7, 11) is 1.46. The fourth-order valence-electron chi connectivity index (χ4n) is 1.97. The summed E-state index contributed by atoms with van der Waals surface area (Å²) in [5, 5.41) is 8.80. The minimum atomic E-state index is -0.751. The molecule has 0 spiro atoms. The summed E-state index contributed by atoms with van der Waals surface area (Å²) in [5.74, 6) is -1.85. The molecule has 0 aliphatic rings. The van der Waals surface area contributed by atoms with Crippen molar-refractivity contribution in [3.05, 3.63) is 58.0 Å². The summed E-state index contributed by atoms with van der Waals surface area (Å²) in [6, 6.07) is 7.78. The van der Waals surface area contributed by atoms with Crippen LogP contribution in [-0.2, 0) is 20.9 Å². The number of thiophene rings is 1.